The highest BCUT2D eigenvalue weighted by Gasteiger charge is 2.03. The number of carbonyl (C=O) groups is 1. The van der Waals surface area contributed by atoms with E-state index >= 15 is 0 Å². The summed E-state index contributed by atoms with van der Waals surface area (Å²) in [5.41, 5.74) is 0. The molecule has 1 heterocycles. The Morgan fingerprint density at radius 2 is 2.36 bits per heavy atom. The van der Waals surface area contributed by atoms with Crippen LogP contribution in [0, 0.1) is 5.92 Å². The first-order valence-corrected chi connectivity index (χ1v) is 4.97. The van der Waals surface area contributed by atoms with Crippen molar-refractivity contribution < 1.29 is 9.21 Å². The molecule has 0 aromatic carbocycles. The molecule has 0 saturated carbocycles. The number of rotatable bonds is 5. The Balaban J connectivity index is 2.15. The molecule has 0 spiro atoms. The molecule has 0 saturated heterocycles. The first-order valence-electron chi connectivity index (χ1n) is 4.97. The summed E-state index contributed by atoms with van der Waals surface area (Å²) in [6.45, 7) is 4.71. The summed E-state index contributed by atoms with van der Waals surface area (Å²) < 4.78 is 5.09. The van der Waals surface area contributed by atoms with Crippen LogP contribution in [0.4, 0.5) is 0 Å². The molecule has 78 valence electrons. The molecule has 1 rings (SSSR count). The number of furan rings is 1. The molecule has 3 heteroatoms. The van der Waals surface area contributed by atoms with Crippen molar-refractivity contribution in [2.45, 2.75) is 33.2 Å². The predicted octanol–water partition coefficient (Wildman–Crippen LogP) is 2.33. The van der Waals surface area contributed by atoms with Crippen LogP contribution in [0.5, 0.6) is 0 Å². The van der Waals surface area contributed by atoms with Crippen LogP contribution in [0.1, 0.15) is 32.4 Å². The van der Waals surface area contributed by atoms with Crippen molar-refractivity contribution in [2.24, 2.45) is 5.92 Å². The summed E-state index contributed by atoms with van der Waals surface area (Å²) in [4.78, 5) is 11.3. The molecular weight excluding hydrogens is 178 g/mol. The van der Waals surface area contributed by atoms with Gasteiger partial charge in [0.2, 0.25) is 5.91 Å². The second-order valence-electron chi connectivity index (χ2n) is 3.79. The van der Waals surface area contributed by atoms with Crippen molar-refractivity contribution in [3.8, 4) is 0 Å². The topological polar surface area (TPSA) is 42.2 Å². The number of amides is 1. The average molecular weight is 195 g/mol. The van der Waals surface area contributed by atoms with Crippen molar-refractivity contribution in [1.82, 2.24) is 5.32 Å². The summed E-state index contributed by atoms with van der Waals surface area (Å²) in [7, 11) is 0. The van der Waals surface area contributed by atoms with E-state index in [-0.39, 0.29) is 5.91 Å². The lowest BCUT2D eigenvalue weighted by Crippen LogP contribution is -2.22. The molecule has 0 aliphatic carbocycles. The third-order valence-corrected chi connectivity index (χ3v) is 1.99. The van der Waals surface area contributed by atoms with Crippen LogP contribution in [-0.2, 0) is 11.3 Å². The zero-order valence-electron chi connectivity index (χ0n) is 8.75. The standard InChI is InChI=1S/C11H17NO2/c1-9(2)5-6-11(13)12-8-10-4-3-7-14-10/h3-4,7,9H,5-6,8H2,1-2H3,(H,12,13). The fourth-order valence-electron chi connectivity index (χ4n) is 1.11. The molecule has 0 radical (unpaired) electrons. The molecule has 3 nitrogen and oxygen atoms in total. The number of hydrogen-bond acceptors (Lipinski definition) is 2. The lowest BCUT2D eigenvalue weighted by molar-refractivity contribution is -0.121. The van der Waals surface area contributed by atoms with Gasteiger partial charge in [-0.15, -0.1) is 0 Å². The first kappa shape index (κ1) is 10.8. The Kier molecular flexibility index (Phi) is 4.23. The maximum Gasteiger partial charge on any atom is 0.220 e. The molecule has 1 aromatic heterocycles. The largest absolute Gasteiger partial charge is 0.467 e. The maximum absolute atomic E-state index is 11.3. The zero-order chi connectivity index (χ0) is 10.4. The van der Waals surface area contributed by atoms with Gasteiger partial charge in [-0.25, -0.2) is 0 Å². The van der Waals surface area contributed by atoms with E-state index in [4.69, 9.17) is 4.42 Å². The molecule has 0 bridgehead atoms. The highest BCUT2D eigenvalue weighted by molar-refractivity contribution is 5.75. The Bertz CT molecular complexity index is 265. The van der Waals surface area contributed by atoms with Gasteiger partial charge in [0.25, 0.3) is 0 Å². The Morgan fingerprint density at radius 1 is 1.57 bits per heavy atom. The van der Waals surface area contributed by atoms with Gasteiger partial charge in [-0.3, -0.25) is 4.79 Å². The van der Waals surface area contributed by atoms with Crippen LogP contribution >= 0.6 is 0 Å². The summed E-state index contributed by atoms with van der Waals surface area (Å²) >= 11 is 0. The molecule has 1 aromatic rings. The third kappa shape index (κ3) is 4.12. The second kappa shape index (κ2) is 5.47. The molecule has 0 aliphatic rings. The van der Waals surface area contributed by atoms with Crippen molar-refractivity contribution in [3.05, 3.63) is 24.2 Å². The van der Waals surface area contributed by atoms with Crippen LogP contribution in [0.3, 0.4) is 0 Å². The van der Waals surface area contributed by atoms with Crippen LogP contribution in [0.25, 0.3) is 0 Å². The third-order valence-electron chi connectivity index (χ3n) is 1.99. The Hall–Kier alpha value is -1.25. The fraction of sp³-hybridized carbons (Fsp3) is 0.545. The van der Waals surface area contributed by atoms with Gasteiger partial charge < -0.3 is 9.73 Å². The van der Waals surface area contributed by atoms with Crippen LogP contribution < -0.4 is 5.32 Å². The number of nitrogens with one attached hydrogen (secondary N) is 1. The van der Waals surface area contributed by atoms with Crippen LogP contribution in [-0.4, -0.2) is 5.91 Å². The van der Waals surface area contributed by atoms with E-state index < -0.39 is 0 Å². The Morgan fingerprint density at radius 3 is 2.93 bits per heavy atom. The minimum atomic E-state index is 0.0927. The molecule has 0 aliphatic heterocycles. The van der Waals surface area contributed by atoms with E-state index in [0.29, 0.717) is 18.9 Å². The summed E-state index contributed by atoms with van der Waals surface area (Å²) in [6.07, 6.45) is 3.14. The van der Waals surface area contributed by atoms with E-state index in [2.05, 4.69) is 19.2 Å². The monoisotopic (exact) mass is 195 g/mol. The van der Waals surface area contributed by atoms with E-state index in [1.54, 1.807) is 6.26 Å². The van der Waals surface area contributed by atoms with Gasteiger partial charge in [-0.05, 0) is 24.5 Å². The molecule has 0 fully saturated rings. The molecular formula is C11H17NO2. The first-order chi connectivity index (χ1) is 6.68. The lowest BCUT2D eigenvalue weighted by Gasteiger charge is -2.04. The molecule has 0 atom stereocenters. The molecule has 1 N–H and O–H groups in total. The van der Waals surface area contributed by atoms with Crippen LogP contribution in [0.2, 0.25) is 0 Å². The number of carbonyl (C=O) groups excluding carboxylic acids is 1. The highest BCUT2D eigenvalue weighted by Crippen LogP contribution is 2.03. The minimum Gasteiger partial charge on any atom is -0.467 e. The SMILES string of the molecule is CC(C)CCC(=O)NCc1ccco1. The van der Waals surface area contributed by atoms with E-state index in [1.165, 1.54) is 0 Å². The van der Waals surface area contributed by atoms with Crippen molar-refractivity contribution in [2.75, 3.05) is 0 Å². The normalized spacial score (nSPS) is 10.5. The number of hydrogen-bond donors (Lipinski definition) is 1. The highest BCUT2D eigenvalue weighted by atomic mass is 16.3. The van der Waals surface area contributed by atoms with Crippen molar-refractivity contribution in [3.63, 3.8) is 0 Å². The fourth-order valence-corrected chi connectivity index (χ4v) is 1.11. The van der Waals surface area contributed by atoms with E-state index in [1.807, 2.05) is 12.1 Å². The van der Waals surface area contributed by atoms with Gasteiger partial charge in [-0.1, -0.05) is 13.8 Å². The predicted molar refractivity (Wildman–Crippen MR) is 54.6 cm³/mol. The lowest BCUT2D eigenvalue weighted by atomic mass is 10.1. The molecule has 1 amide bonds. The summed E-state index contributed by atoms with van der Waals surface area (Å²) in [5.74, 6) is 1.46. The molecule has 14 heavy (non-hydrogen) atoms. The van der Waals surface area contributed by atoms with Crippen molar-refractivity contribution >= 4 is 5.91 Å². The van der Waals surface area contributed by atoms with Gasteiger partial charge in [0.15, 0.2) is 0 Å². The quantitative estimate of drug-likeness (QED) is 0.783. The van der Waals surface area contributed by atoms with Crippen molar-refractivity contribution in [1.29, 1.82) is 0 Å². The van der Waals surface area contributed by atoms with Gasteiger partial charge in [0.05, 0.1) is 12.8 Å². The smallest absolute Gasteiger partial charge is 0.220 e. The minimum absolute atomic E-state index is 0.0927. The van der Waals surface area contributed by atoms with Gasteiger partial charge in [0.1, 0.15) is 5.76 Å². The Labute approximate surface area is 84.5 Å². The average Bonchev–Trinajstić information content (AvgIpc) is 2.63. The van der Waals surface area contributed by atoms with Gasteiger partial charge in [0, 0.05) is 6.42 Å². The summed E-state index contributed by atoms with van der Waals surface area (Å²) in [5, 5.41) is 2.81. The second-order valence-corrected chi connectivity index (χ2v) is 3.79. The van der Waals surface area contributed by atoms with Gasteiger partial charge in [-0.2, -0.15) is 0 Å². The maximum atomic E-state index is 11.3. The summed E-state index contributed by atoms with van der Waals surface area (Å²) in [6, 6.07) is 3.67. The molecule has 0 unspecified atom stereocenters. The van der Waals surface area contributed by atoms with E-state index in [0.717, 1.165) is 12.2 Å². The zero-order valence-corrected chi connectivity index (χ0v) is 8.75. The van der Waals surface area contributed by atoms with Crippen LogP contribution in [0.15, 0.2) is 22.8 Å². The van der Waals surface area contributed by atoms with Gasteiger partial charge >= 0.3 is 0 Å². The van der Waals surface area contributed by atoms with E-state index in [9.17, 15) is 4.79 Å².